The highest BCUT2D eigenvalue weighted by molar-refractivity contribution is 5.68. The van der Waals surface area contributed by atoms with Crippen molar-refractivity contribution in [2.45, 2.75) is 57.9 Å². The van der Waals surface area contributed by atoms with Crippen molar-refractivity contribution in [3.63, 3.8) is 0 Å². The van der Waals surface area contributed by atoms with Crippen molar-refractivity contribution >= 4 is 6.09 Å². The highest BCUT2D eigenvalue weighted by atomic mass is 16.6. The van der Waals surface area contributed by atoms with Crippen molar-refractivity contribution in [1.82, 2.24) is 10.6 Å². The molecule has 0 bridgehead atoms. The molecular formula is C11H22N2O3. The number of carbonyl (C=O) groups excluding carboxylic acids is 1. The fourth-order valence-corrected chi connectivity index (χ4v) is 1.63. The first kappa shape index (κ1) is 13.3. The number of ether oxygens (including phenoxy) is 1. The molecule has 94 valence electrons. The average Bonchev–Trinajstić information content (AvgIpc) is 2.08. The molecule has 1 saturated heterocycles. The van der Waals surface area contributed by atoms with Gasteiger partial charge in [0.1, 0.15) is 5.60 Å². The average molecular weight is 230 g/mol. The van der Waals surface area contributed by atoms with Gasteiger partial charge >= 0.3 is 6.09 Å². The van der Waals surface area contributed by atoms with Gasteiger partial charge in [-0.15, -0.1) is 0 Å². The summed E-state index contributed by atoms with van der Waals surface area (Å²) < 4.78 is 5.14. The Kier molecular flexibility index (Phi) is 4.15. The molecule has 1 heterocycles. The van der Waals surface area contributed by atoms with Crippen LogP contribution in [0.2, 0.25) is 0 Å². The molecule has 5 nitrogen and oxygen atoms in total. The molecular weight excluding hydrogens is 208 g/mol. The maximum atomic E-state index is 11.5. The molecule has 3 N–H and O–H groups in total. The number of hydrogen-bond acceptors (Lipinski definition) is 4. The van der Waals surface area contributed by atoms with E-state index in [0.717, 1.165) is 0 Å². The lowest BCUT2D eigenvalue weighted by Gasteiger charge is -2.33. The van der Waals surface area contributed by atoms with Crippen LogP contribution in [0.5, 0.6) is 0 Å². The summed E-state index contributed by atoms with van der Waals surface area (Å²) in [6.45, 7) is 8.06. The van der Waals surface area contributed by atoms with Crippen molar-refractivity contribution in [3.05, 3.63) is 0 Å². The van der Waals surface area contributed by atoms with Gasteiger partial charge in [0, 0.05) is 18.6 Å². The summed E-state index contributed by atoms with van der Waals surface area (Å²) in [7, 11) is 0. The molecule has 1 rings (SSSR count). The first-order valence-corrected chi connectivity index (χ1v) is 5.69. The molecule has 5 heteroatoms. The van der Waals surface area contributed by atoms with E-state index in [1.807, 2.05) is 27.7 Å². The Bertz CT molecular complexity index is 250. The zero-order valence-electron chi connectivity index (χ0n) is 10.4. The van der Waals surface area contributed by atoms with Gasteiger partial charge in [-0.3, -0.25) is 0 Å². The zero-order valence-corrected chi connectivity index (χ0v) is 10.4. The third-order valence-corrected chi connectivity index (χ3v) is 2.51. The molecule has 0 aliphatic carbocycles. The smallest absolute Gasteiger partial charge is 0.407 e. The number of hydrogen-bond donors (Lipinski definition) is 3. The van der Waals surface area contributed by atoms with Crippen LogP contribution in [0.25, 0.3) is 0 Å². The maximum absolute atomic E-state index is 11.5. The van der Waals surface area contributed by atoms with Crippen molar-refractivity contribution in [3.8, 4) is 0 Å². The van der Waals surface area contributed by atoms with Gasteiger partial charge in [-0.05, 0) is 34.1 Å². The van der Waals surface area contributed by atoms with E-state index < -0.39 is 17.8 Å². The molecule has 0 spiro atoms. The van der Waals surface area contributed by atoms with Gasteiger partial charge in [0.15, 0.2) is 0 Å². The number of nitrogens with one attached hydrogen (secondary N) is 2. The summed E-state index contributed by atoms with van der Waals surface area (Å²) in [5.41, 5.74) is -0.488. The number of aliphatic hydroxyl groups is 1. The predicted molar refractivity (Wildman–Crippen MR) is 61.2 cm³/mol. The highest BCUT2D eigenvalue weighted by Gasteiger charge is 2.27. The van der Waals surface area contributed by atoms with E-state index >= 15 is 0 Å². The van der Waals surface area contributed by atoms with Gasteiger partial charge < -0.3 is 20.5 Å². The molecule has 1 fully saturated rings. The van der Waals surface area contributed by atoms with Crippen LogP contribution >= 0.6 is 0 Å². The topological polar surface area (TPSA) is 70.6 Å². The van der Waals surface area contributed by atoms with E-state index in [1.165, 1.54) is 0 Å². The van der Waals surface area contributed by atoms with Gasteiger partial charge in [0.2, 0.25) is 0 Å². The second-order valence-electron chi connectivity index (χ2n) is 5.34. The summed E-state index contributed by atoms with van der Waals surface area (Å²) in [4.78, 5) is 11.5. The van der Waals surface area contributed by atoms with Gasteiger partial charge in [-0.1, -0.05) is 0 Å². The first-order valence-electron chi connectivity index (χ1n) is 5.69. The number of piperidine rings is 1. The molecule has 0 aromatic heterocycles. The summed E-state index contributed by atoms with van der Waals surface area (Å²) in [5.74, 6) is 0. The van der Waals surface area contributed by atoms with Crippen LogP contribution in [0, 0.1) is 0 Å². The molecule has 0 radical (unpaired) electrons. The molecule has 1 aliphatic rings. The van der Waals surface area contributed by atoms with Crippen LogP contribution in [0.15, 0.2) is 0 Å². The van der Waals surface area contributed by atoms with E-state index in [2.05, 4.69) is 10.6 Å². The standard InChI is InChI=1S/C11H22N2O3/c1-7-9(14)5-8(6-12-7)13-10(15)16-11(2,3)4/h7-9,12,14H,5-6H2,1-4H3,(H,13,15)/t7-,8+,9-/m0/s1. The van der Waals surface area contributed by atoms with Gasteiger partial charge in [-0.25, -0.2) is 4.79 Å². The summed E-state index contributed by atoms with van der Waals surface area (Å²) in [6, 6.07) is 0.0118. The molecule has 0 aromatic rings. The second kappa shape index (κ2) is 5.01. The summed E-state index contributed by atoms with van der Waals surface area (Å²) in [6.07, 6.45) is -0.289. The van der Waals surface area contributed by atoms with E-state index in [1.54, 1.807) is 0 Å². The van der Waals surface area contributed by atoms with Crippen LogP contribution in [-0.2, 0) is 4.74 Å². The SMILES string of the molecule is C[C@@H]1NC[C@H](NC(=O)OC(C)(C)C)C[C@@H]1O. The quantitative estimate of drug-likeness (QED) is 0.617. The number of aliphatic hydroxyl groups excluding tert-OH is 1. The van der Waals surface area contributed by atoms with Crippen LogP contribution in [0.3, 0.4) is 0 Å². The molecule has 0 saturated carbocycles. The predicted octanol–water partition coefficient (Wildman–Crippen LogP) is 0.622. The lowest BCUT2D eigenvalue weighted by molar-refractivity contribution is 0.0428. The molecule has 16 heavy (non-hydrogen) atoms. The largest absolute Gasteiger partial charge is 0.444 e. The molecule has 3 atom stereocenters. The minimum Gasteiger partial charge on any atom is -0.444 e. The molecule has 0 unspecified atom stereocenters. The van der Waals surface area contributed by atoms with Crippen LogP contribution in [-0.4, -0.2) is 41.5 Å². The Morgan fingerprint density at radius 2 is 2.12 bits per heavy atom. The Balaban J connectivity index is 2.35. The Hall–Kier alpha value is -0.810. The van der Waals surface area contributed by atoms with Crippen molar-refractivity contribution < 1.29 is 14.6 Å². The molecule has 0 aromatic carbocycles. The molecule has 1 aliphatic heterocycles. The third kappa shape index (κ3) is 4.37. The number of carbonyl (C=O) groups is 1. The lowest BCUT2D eigenvalue weighted by Crippen LogP contribution is -2.55. The van der Waals surface area contributed by atoms with Crippen molar-refractivity contribution in [1.29, 1.82) is 0 Å². The Labute approximate surface area is 96.6 Å². The van der Waals surface area contributed by atoms with Gasteiger partial charge in [0.05, 0.1) is 6.10 Å². The van der Waals surface area contributed by atoms with E-state index in [4.69, 9.17) is 4.74 Å². The van der Waals surface area contributed by atoms with E-state index in [9.17, 15) is 9.90 Å². The lowest BCUT2D eigenvalue weighted by atomic mass is 9.99. The van der Waals surface area contributed by atoms with Gasteiger partial charge in [0.25, 0.3) is 0 Å². The Morgan fingerprint density at radius 3 is 2.62 bits per heavy atom. The van der Waals surface area contributed by atoms with Crippen molar-refractivity contribution in [2.75, 3.05) is 6.54 Å². The number of alkyl carbamates (subject to hydrolysis) is 1. The van der Waals surface area contributed by atoms with Crippen LogP contribution < -0.4 is 10.6 Å². The fraction of sp³-hybridized carbons (Fsp3) is 0.909. The Morgan fingerprint density at radius 1 is 1.50 bits per heavy atom. The highest BCUT2D eigenvalue weighted by Crippen LogP contribution is 2.11. The minimum absolute atomic E-state index is 0.0685. The second-order valence-corrected chi connectivity index (χ2v) is 5.34. The summed E-state index contributed by atoms with van der Waals surface area (Å²) in [5, 5.41) is 15.5. The van der Waals surface area contributed by atoms with E-state index in [-0.39, 0.29) is 12.1 Å². The van der Waals surface area contributed by atoms with Crippen molar-refractivity contribution in [2.24, 2.45) is 0 Å². The normalized spacial score (nSPS) is 30.9. The summed E-state index contributed by atoms with van der Waals surface area (Å²) >= 11 is 0. The van der Waals surface area contributed by atoms with Gasteiger partial charge in [-0.2, -0.15) is 0 Å². The minimum atomic E-state index is -0.488. The van der Waals surface area contributed by atoms with E-state index in [0.29, 0.717) is 13.0 Å². The third-order valence-electron chi connectivity index (χ3n) is 2.51. The molecule has 1 amide bonds. The number of rotatable bonds is 1. The monoisotopic (exact) mass is 230 g/mol. The van der Waals surface area contributed by atoms with Crippen LogP contribution in [0.4, 0.5) is 4.79 Å². The van der Waals surface area contributed by atoms with Crippen LogP contribution in [0.1, 0.15) is 34.1 Å². The fourth-order valence-electron chi connectivity index (χ4n) is 1.63. The zero-order chi connectivity index (χ0) is 12.3. The number of amides is 1. The first-order chi connectivity index (χ1) is 7.28. The maximum Gasteiger partial charge on any atom is 0.407 e.